The van der Waals surface area contributed by atoms with Crippen LogP contribution in [0.15, 0.2) is 16.7 Å². The van der Waals surface area contributed by atoms with Gasteiger partial charge in [0.1, 0.15) is 0 Å². The molecular formula is C7H6Cl2O2. The number of hydrogen-bond donors (Lipinski definition) is 0. The van der Waals surface area contributed by atoms with E-state index in [0.29, 0.717) is 5.56 Å². The summed E-state index contributed by atoms with van der Waals surface area (Å²) in [6, 6.07) is 1.66. The quantitative estimate of drug-likeness (QED) is 0.545. The molecule has 0 atom stereocenters. The molecule has 1 heterocycles. The lowest BCUT2D eigenvalue weighted by atomic mass is 10.2. The van der Waals surface area contributed by atoms with Crippen molar-refractivity contribution in [2.24, 2.45) is 0 Å². The summed E-state index contributed by atoms with van der Waals surface area (Å²) < 4.78 is 4.89. The fraction of sp³-hybridized carbons (Fsp3) is 0.286. The first-order valence-corrected chi connectivity index (χ1v) is 4.08. The maximum absolute atomic E-state index is 11.0. The third-order valence-corrected chi connectivity index (χ3v) is 1.80. The number of halogens is 2. The van der Waals surface area contributed by atoms with Crippen LogP contribution in [-0.4, -0.2) is 11.7 Å². The van der Waals surface area contributed by atoms with Crippen LogP contribution in [0.3, 0.4) is 0 Å². The van der Waals surface area contributed by atoms with Crippen LogP contribution in [0.4, 0.5) is 0 Å². The molecule has 1 rings (SSSR count). The third-order valence-electron chi connectivity index (χ3n) is 1.27. The summed E-state index contributed by atoms with van der Waals surface area (Å²) in [5.74, 6) is 0.244. The maximum atomic E-state index is 11.0. The van der Waals surface area contributed by atoms with E-state index in [9.17, 15) is 4.79 Å². The summed E-state index contributed by atoms with van der Waals surface area (Å²) in [7, 11) is 0. The monoisotopic (exact) mass is 192 g/mol. The fourth-order valence-electron chi connectivity index (χ4n) is 0.746. The third kappa shape index (κ3) is 1.76. The molecule has 11 heavy (non-hydrogen) atoms. The molecule has 2 nitrogen and oxygen atoms in total. The zero-order valence-electron chi connectivity index (χ0n) is 5.64. The lowest BCUT2D eigenvalue weighted by molar-refractivity contribution is 0.0990. The van der Waals surface area contributed by atoms with Gasteiger partial charge < -0.3 is 4.42 Å². The minimum atomic E-state index is -0.229. The molecule has 0 unspecified atom stereocenters. The van der Waals surface area contributed by atoms with E-state index in [4.69, 9.17) is 27.6 Å². The molecular weight excluding hydrogens is 187 g/mol. The first-order valence-electron chi connectivity index (χ1n) is 3.01. The van der Waals surface area contributed by atoms with Crippen LogP contribution < -0.4 is 0 Å². The van der Waals surface area contributed by atoms with Crippen molar-refractivity contribution in [2.75, 3.05) is 5.88 Å². The Balaban J connectivity index is 2.92. The fourth-order valence-corrected chi connectivity index (χ4v) is 1.08. The van der Waals surface area contributed by atoms with Gasteiger partial charge in [-0.1, -0.05) is 0 Å². The van der Waals surface area contributed by atoms with E-state index in [1.165, 1.54) is 6.26 Å². The summed E-state index contributed by atoms with van der Waals surface area (Å²) in [5.41, 5.74) is 0.692. The van der Waals surface area contributed by atoms with E-state index in [2.05, 4.69) is 0 Å². The van der Waals surface area contributed by atoms with Gasteiger partial charge >= 0.3 is 0 Å². The lowest BCUT2D eigenvalue weighted by Crippen LogP contribution is -2.00. The molecule has 60 valence electrons. The van der Waals surface area contributed by atoms with Crippen molar-refractivity contribution < 1.29 is 9.21 Å². The van der Waals surface area contributed by atoms with Gasteiger partial charge in [-0.15, -0.1) is 23.2 Å². The van der Waals surface area contributed by atoms with Gasteiger partial charge in [-0.05, 0) is 6.07 Å². The molecule has 0 saturated heterocycles. The van der Waals surface area contributed by atoms with Crippen LogP contribution in [-0.2, 0) is 5.88 Å². The van der Waals surface area contributed by atoms with E-state index in [1.54, 1.807) is 6.07 Å². The Morgan fingerprint density at radius 1 is 1.55 bits per heavy atom. The standard InChI is InChI=1S/C7H6Cl2O2/c8-3-5-1-2-11-7(5)6(10)4-9/h1-2H,3-4H2. The molecule has 0 bridgehead atoms. The van der Waals surface area contributed by atoms with Gasteiger partial charge in [-0.3, -0.25) is 4.79 Å². The highest BCUT2D eigenvalue weighted by Crippen LogP contribution is 2.13. The predicted molar refractivity (Wildman–Crippen MR) is 43.3 cm³/mol. The minimum absolute atomic E-state index is 0.0720. The molecule has 4 heteroatoms. The number of carbonyl (C=O) groups excluding carboxylic acids is 1. The van der Waals surface area contributed by atoms with Crippen molar-refractivity contribution in [3.05, 3.63) is 23.7 Å². The summed E-state index contributed by atoms with van der Waals surface area (Å²) in [4.78, 5) is 11.0. The zero-order valence-corrected chi connectivity index (χ0v) is 7.15. The van der Waals surface area contributed by atoms with Crippen molar-refractivity contribution in [3.8, 4) is 0 Å². The van der Waals surface area contributed by atoms with E-state index in [1.807, 2.05) is 0 Å². The van der Waals surface area contributed by atoms with Crippen molar-refractivity contribution in [2.45, 2.75) is 5.88 Å². The van der Waals surface area contributed by atoms with E-state index >= 15 is 0 Å². The van der Waals surface area contributed by atoms with Crippen molar-refractivity contribution in [1.29, 1.82) is 0 Å². The average molecular weight is 193 g/mol. The highest BCUT2D eigenvalue weighted by molar-refractivity contribution is 6.30. The van der Waals surface area contributed by atoms with Crippen LogP contribution >= 0.6 is 23.2 Å². The van der Waals surface area contributed by atoms with Crippen molar-refractivity contribution in [1.82, 2.24) is 0 Å². The van der Waals surface area contributed by atoms with Gasteiger partial charge in [0.05, 0.1) is 18.0 Å². The number of ketones is 1. The van der Waals surface area contributed by atoms with Gasteiger partial charge in [0, 0.05) is 5.56 Å². The van der Waals surface area contributed by atoms with Crippen molar-refractivity contribution >= 4 is 29.0 Å². The molecule has 0 spiro atoms. The highest BCUT2D eigenvalue weighted by atomic mass is 35.5. The van der Waals surface area contributed by atoms with Crippen molar-refractivity contribution in [3.63, 3.8) is 0 Å². The first kappa shape index (κ1) is 8.62. The van der Waals surface area contributed by atoms with Crippen LogP contribution in [0.5, 0.6) is 0 Å². The highest BCUT2D eigenvalue weighted by Gasteiger charge is 2.12. The Kier molecular flexibility index (Phi) is 2.97. The van der Waals surface area contributed by atoms with Crippen LogP contribution in [0.2, 0.25) is 0 Å². The molecule has 0 amide bonds. The second-order valence-corrected chi connectivity index (χ2v) is 2.50. The molecule has 0 saturated carbocycles. The number of carbonyl (C=O) groups is 1. The lowest BCUT2D eigenvalue weighted by Gasteiger charge is -1.92. The van der Waals surface area contributed by atoms with E-state index < -0.39 is 0 Å². The van der Waals surface area contributed by atoms with Gasteiger partial charge in [0.15, 0.2) is 5.76 Å². The number of hydrogen-bond acceptors (Lipinski definition) is 2. The largest absolute Gasteiger partial charge is 0.461 e. The van der Waals surface area contributed by atoms with Gasteiger partial charge in [-0.2, -0.15) is 0 Å². The van der Waals surface area contributed by atoms with E-state index in [0.717, 1.165) is 0 Å². The summed E-state index contributed by atoms with van der Waals surface area (Å²) in [6.45, 7) is 0. The first-order chi connectivity index (χ1) is 5.29. The second kappa shape index (κ2) is 3.79. The molecule has 1 aromatic heterocycles. The van der Waals surface area contributed by atoms with E-state index in [-0.39, 0.29) is 23.3 Å². The van der Waals surface area contributed by atoms with Gasteiger partial charge in [-0.25, -0.2) is 0 Å². The zero-order chi connectivity index (χ0) is 8.27. The van der Waals surface area contributed by atoms with Crippen LogP contribution in [0, 0.1) is 0 Å². The Labute approximate surface area is 74.1 Å². The van der Waals surface area contributed by atoms with Crippen LogP contribution in [0.1, 0.15) is 16.1 Å². The maximum Gasteiger partial charge on any atom is 0.212 e. The smallest absolute Gasteiger partial charge is 0.212 e. The Morgan fingerprint density at radius 2 is 2.27 bits per heavy atom. The number of alkyl halides is 2. The predicted octanol–water partition coefficient (Wildman–Crippen LogP) is 2.44. The number of Topliss-reactive ketones (excluding diaryl/α,β-unsaturated/α-hetero) is 1. The average Bonchev–Trinajstić information content (AvgIpc) is 2.50. The second-order valence-electron chi connectivity index (χ2n) is 1.97. The topological polar surface area (TPSA) is 30.2 Å². The van der Waals surface area contributed by atoms with Gasteiger partial charge in [0.2, 0.25) is 5.78 Å². The molecule has 0 radical (unpaired) electrons. The molecule has 0 N–H and O–H groups in total. The Bertz CT molecular complexity index is 255. The van der Waals surface area contributed by atoms with Crippen LogP contribution in [0.25, 0.3) is 0 Å². The number of rotatable bonds is 3. The normalized spacial score (nSPS) is 10.0. The summed E-state index contributed by atoms with van der Waals surface area (Å²) in [6.07, 6.45) is 1.43. The summed E-state index contributed by atoms with van der Waals surface area (Å²) in [5, 5.41) is 0. The number of furan rings is 1. The Morgan fingerprint density at radius 3 is 2.82 bits per heavy atom. The molecule has 0 fully saturated rings. The molecule has 1 aromatic rings. The molecule has 0 aliphatic heterocycles. The SMILES string of the molecule is O=C(CCl)c1occc1CCl. The summed E-state index contributed by atoms with van der Waals surface area (Å²) >= 11 is 10.8. The van der Waals surface area contributed by atoms with Gasteiger partial charge in [0.25, 0.3) is 0 Å². The Hall–Kier alpha value is -0.470. The molecule has 0 aliphatic carbocycles. The molecule has 0 aliphatic rings. The molecule has 0 aromatic carbocycles. The minimum Gasteiger partial charge on any atom is -0.461 e.